The first-order chi connectivity index (χ1) is 10.2. The van der Waals surface area contributed by atoms with E-state index >= 15 is 0 Å². The van der Waals surface area contributed by atoms with Crippen LogP contribution < -0.4 is 10.1 Å². The number of carbonyl (C=O) groups excluding carboxylic acids is 1. The number of para-hydroxylation sites is 1. The highest BCUT2D eigenvalue weighted by molar-refractivity contribution is 5.85. The van der Waals surface area contributed by atoms with Crippen molar-refractivity contribution in [3.8, 4) is 5.75 Å². The van der Waals surface area contributed by atoms with Gasteiger partial charge in [0.2, 0.25) is 5.91 Å². The maximum atomic E-state index is 12.9. The fraction of sp³-hybridized carbons (Fsp3) is 0.588. The van der Waals surface area contributed by atoms with E-state index in [9.17, 15) is 4.79 Å². The number of hydrogen-bond acceptors (Lipinski definition) is 3. The van der Waals surface area contributed by atoms with E-state index in [-0.39, 0.29) is 11.3 Å². The van der Waals surface area contributed by atoms with Crippen LogP contribution in [0.4, 0.5) is 0 Å². The lowest BCUT2D eigenvalue weighted by atomic mass is 9.87. The number of hydrogen-bond donors (Lipinski definition) is 1. The van der Waals surface area contributed by atoms with Crippen molar-refractivity contribution < 1.29 is 9.53 Å². The van der Waals surface area contributed by atoms with Gasteiger partial charge in [0.05, 0.1) is 6.61 Å². The van der Waals surface area contributed by atoms with Gasteiger partial charge in [-0.2, -0.15) is 0 Å². The van der Waals surface area contributed by atoms with Crippen molar-refractivity contribution in [3.05, 3.63) is 29.8 Å². The number of amides is 1. The first-order valence-electron chi connectivity index (χ1n) is 7.96. The number of fused-ring (bicyclic) bond motifs is 2. The molecule has 1 saturated heterocycles. The fourth-order valence-electron chi connectivity index (χ4n) is 4.05. The molecule has 1 aliphatic carbocycles. The van der Waals surface area contributed by atoms with Crippen molar-refractivity contribution in [2.24, 2.45) is 5.92 Å². The zero-order chi connectivity index (χ0) is 14.4. The average Bonchev–Trinajstić information content (AvgIpc) is 3.22. The van der Waals surface area contributed by atoms with Crippen LogP contribution in [0.25, 0.3) is 0 Å². The zero-order valence-electron chi connectivity index (χ0n) is 12.5. The highest BCUT2D eigenvalue weighted by Gasteiger charge is 2.62. The summed E-state index contributed by atoms with van der Waals surface area (Å²) in [6, 6.07) is 8.55. The van der Waals surface area contributed by atoms with Crippen LogP contribution in [0.15, 0.2) is 24.3 Å². The van der Waals surface area contributed by atoms with E-state index in [0.29, 0.717) is 11.9 Å². The van der Waals surface area contributed by atoms with Crippen LogP contribution in [0.2, 0.25) is 0 Å². The van der Waals surface area contributed by atoms with Crippen molar-refractivity contribution in [2.75, 3.05) is 26.2 Å². The van der Waals surface area contributed by atoms with E-state index in [1.165, 1.54) is 5.56 Å². The lowest BCUT2D eigenvalue weighted by Gasteiger charge is -2.35. The van der Waals surface area contributed by atoms with Gasteiger partial charge in [-0.25, -0.2) is 0 Å². The van der Waals surface area contributed by atoms with Crippen LogP contribution >= 0.6 is 0 Å². The number of benzene rings is 1. The molecule has 1 spiro atoms. The van der Waals surface area contributed by atoms with Crippen molar-refractivity contribution >= 4 is 5.91 Å². The highest BCUT2D eigenvalue weighted by Crippen LogP contribution is 2.61. The van der Waals surface area contributed by atoms with Crippen LogP contribution in [0.5, 0.6) is 5.75 Å². The lowest BCUT2D eigenvalue weighted by molar-refractivity contribution is -0.136. The normalized spacial score (nSPS) is 34.2. The molecule has 2 heterocycles. The van der Waals surface area contributed by atoms with Gasteiger partial charge in [0.1, 0.15) is 5.75 Å². The minimum absolute atomic E-state index is 0.0521. The van der Waals surface area contributed by atoms with E-state index in [1.807, 2.05) is 12.1 Å². The molecule has 112 valence electrons. The Morgan fingerprint density at radius 3 is 3.14 bits per heavy atom. The van der Waals surface area contributed by atoms with Gasteiger partial charge in [0.25, 0.3) is 0 Å². The van der Waals surface area contributed by atoms with Gasteiger partial charge in [0, 0.05) is 42.6 Å². The molecule has 21 heavy (non-hydrogen) atoms. The second-order valence-corrected chi connectivity index (χ2v) is 6.59. The molecular formula is C17H22N2O2. The second-order valence-electron chi connectivity index (χ2n) is 6.59. The fourth-order valence-corrected chi connectivity index (χ4v) is 4.05. The Morgan fingerprint density at radius 1 is 1.43 bits per heavy atom. The summed E-state index contributed by atoms with van der Waals surface area (Å²) >= 11 is 0. The van der Waals surface area contributed by atoms with Gasteiger partial charge in [-0.3, -0.25) is 4.79 Å². The molecule has 2 unspecified atom stereocenters. The average molecular weight is 286 g/mol. The Hall–Kier alpha value is -1.55. The molecule has 4 nitrogen and oxygen atoms in total. The van der Waals surface area contributed by atoms with Crippen LogP contribution in [0, 0.1) is 5.92 Å². The third-order valence-electron chi connectivity index (χ3n) is 5.39. The first-order valence-corrected chi connectivity index (χ1v) is 7.96. The summed E-state index contributed by atoms with van der Waals surface area (Å²) in [5, 5.41) is 3.35. The van der Waals surface area contributed by atoms with Crippen LogP contribution in [0.3, 0.4) is 0 Å². The van der Waals surface area contributed by atoms with Gasteiger partial charge in [-0.05, 0) is 25.8 Å². The number of piperazine rings is 1. The van der Waals surface area contributed by atoms with Crippen molar-refractivity contribution in [3.63, 3.8) is 0 Å². The number of nitrogens with one attached hydrogen (secondary N) is 1. The Labute approximate surface area is 125 Å². The van der Waals surface area contributed by atoms with E-state index in [0.717, 1.165) is 44.8 Å². The molecule has 1 amide bonds. The minimum Gasteiger partial charge on any atom is -0.493 e. The summed E-state index contributed by atoms with van der Waals surface area (Å²) in [7, 11) is 0. The molecule has 0 bridgehead atoms. The van der Waals surface area contributed by atoms with Crippen LogP contribution in [0.1, 0.15) is 25.3 Å². The first kappa shape index (κ1) is 13.1. The molecule has 1 aromatic carbocycles. The molecule has 1 saturated carbocycles. The summed E-state index contributed by atoms with van der Waals surface area (Å²) in [6.07, 6.45) is 1.96. The predicted molar refractivity (Wildman–Crippen MR) is 80.4 cm³/mol. The third kappa shape index (κ3) is 1.96. The topological polar surface area (TPSA) is 41.6 Å². The molecule has 2 aliphatic heterocycles. The number of carbonyl (C=O) groups is 1. The predicted octanol–water partition coefficient (Wildman–Crippen LogP) is 1.55. The molecule has 0 radical (unpaired) electrons. The standard InChI is InChI=1S/C17H22N2O2/c1-12-11-18-7-8-19(12)16(20)14-10-17(14)6-9-21-15-5-3-2-4-13(15)17/h2-5,12,14,18H,6-11H2,1H3/t12-,14?,17?/m0/s1. The minimum atomic E-state index is 0.0521. The van der Waals surface area contributed by atoms with Crippen LogP contribution in [-0.2, 0) is 10.2 Å². The second kappa shape index (κ2) is 4.73. The summed E-state index contributed by atoms with van der Waals surface area (Å²) in [5.41, 5.74) is 1.30. The molecular weight excluding hydrogens is 264 g/mol. The van der Waals surface area contributed by atoms with Gasteiger partial charge in [-0.15, -0.1) is 0 Å². The Morgan fingerprint density at radius 2 is 2.29 bits per heavy atom. The van der Waals surface area contributed by atoms with Gasteiger partial charge in [-0.1, -0.05) is 18.2 Å². The van der Waals surface area contributed by atoms with Crippen LogP contribution in [-0.4, -0.2) is 43.1 Å². The van der Waals surface area contributed by atoms with Crippen molar-refractivity contribution in [1.29, 1.82) is 0 Å². The Balaban J connectivity index is 1.59. The SMILES string of the molecule is C[C@H]1CNCCN1C(=O)C1CC12CCOc1ccccc12. The van der Waals surface area contributed by atoms with E-state index in [4.69, 9.17) is 4.74 Å². The van der Waals surface area contributed by atoms with E-state index in [1.54, 1.807) is 0 Å². The van der Waals surface area contributed by atoms with E-state index in [2.05, 4.69) is 29.3 Å². The summed E-state index contributed by atoms with van der Waals surface area (Å²) in [6.45, 7) is 5.53. The maximum absolute atomic E-state index is 12.9. The molecule has 3 atom stereocenters. The maximum Gasteiger partial charge on any atom is 0.226 e. The smallest absolute Gasteiger partial charge is 0.226 e. The summed E-state index contributed by atoms with van der Waals surface area (Å²) in [4.78, 5) is 15.0. The summed E-state index contributed by atoms with van der Waals surface area (Å²) < 4.78 is 5.76. The van der Waals surface area contributed by atoms with Crippen molar-refractivity contribution in [1.82, 2.24) is 10.2 Å². The molecule has 0 aromatic heterocycles. The Bertz CT molecular complexity index is 574. The molecule has 3 aliphatic rings. The van der Waals surface area contributed by atoms with Gasteiger partial charge >= 0.3 is 0 Å². The van der Waals surface area contributed by atoms with E-state index < -0.39 is 0 Å². The zero-order valence-corrected chi connectivity index (χ0v) is 12.5. The number of ether oxygens (including phenoxy) is 1. The molecule has 2 fully saturated rings. The molecule has 1 aromatic rings. The Kier molecular flexibility index (Phi) is 2.96. The molecule has 1 N–H and O–H groups in total. The summed E-state index contributed by atoms with van der Waals surface area (Å²) in [5.74, 6) is 1.48. The third-order valence-corrected chi connectivity index (χ3v) is 5.39. The molecule has 4 heteroatoms. The van der Waals surface area contributed by atoms with Crippen molar-refractivity contribution in [2.45, 2.75) is 31.2 Å². The molecule has 4 rings (SSSR count). The number of rotatable bonds is 1. The monoisotopic (exact) mass is 286 g/mol. The van der Waals surface area contributed by atoms with Gasteiger partial charge in [0.15, 0.2) is 0 Å². The van der Waals surface area contributed by atoms with Gasteiger partial charge < -0.3 is 15.0 Å². The quantitative estimate of drug-likeness (QED) is 0.851. The largest absolute Gasteiger partial charge is 0.493 e. The lowest BCUT2D eigenvalue weighted by Crippen LogP contribution is -2.53. The highest BCUT2D eigenvalue weighted by atomic mass is 16.5. The number of nitrogens with zero attached hydrogens (tertiary/aromatic N) is 1.